The fourth-order valence-electron chi connectivity index (χ4n) is 1.68. The maximum Gasteiger partial charge on any atom is 0.216 e. The van der Waals surface area contributed by atoms with E-state index in [2.05, 4.69) is 49.7 Å². The molecule has 1 heterocycles. The zero-order valence-electron chi connectivity index (χ0n) is 9.86. The molecular formula is C14H17NO. The first-order valence-corrected chi connectivity index (χ1v) is 5.53. The molecule has 0 aliphatic carbocycles. The smallest absolute Gasteiger partial charge is 0.216 e. The lowest BCUT2D eigenvalue weighted by Crippen LogP contribution is -2.17. The Morgan fingerprint density at radius 1 is 1.38 bits per heavy atom. The molecule has 0 N–H and O–H groups in total. The molecule has 0 fully saturated rings. The van der Waals surface area contributed by atoms with E-state index in [0.717, 1.165) is 17.9 Å². The summed E-state index contributed by atoms with van der Waals surface area (Å²) in [5.41, 5.74) is 2.23. The van der Waals surface area contributed by atoms with Gasteiger partial charge in [-0.1, -0.05) is 18.2 Å². The number of allylic oxidation sites excluding steroid dienone is 1. The molecule has 0 spiro atoms. The van der Waals surface area contributed by atoms with Gasteiger partial charge in [0.15, 0.2) is 0 Å². The van der Waals surface area contributed by atoms with E-state index in [1.54, 1.807) is 0 Å². The summed E-state index contributed by atoms with van der Waals surface area (Å²) >= 11 is 0. The Bertz CT molecular complexity index is 415. The van der Waals surface area contributed by atoms with Crippen molar-refractivity contribution in [3.05, 3.63) is 48.0 Å². The molecule has 1 aliphatic heterocycles. The van der Waals surface area contributed by atoms with Gasteiger partial charge in [-0.2, -0.15) is 0 Å². The molecule has 1 aromatic rings. The molecule has 0 amide bonds. The lowest BCUT2D eigenvalue weighted by Gasteiger charge is -2.07. The molecule has 0 radical (unpaired) electrons. The first kappa shape index (κ1) is 10.9. The fourth-order valence-corrected chi connectivity index (χ4v) is 1.68. The Morgan fingerprint density at radius 3 is 2.56 bits per heavy atom. The molecule has 2 heteroatoms. The van der Waals surface area contributed by atoms with Crippen LogP contribution in [-0.2, 0) is 11.2 Å². The van der Waals surface area contributed by atoms with E-state index in [0.29, 0.717) is 6.61 Å². The third-order valence-electron chi connectivity index (χ3n) is 2.55. The van der Waals surface area contributed by atoms with Gasteiger partial charge >= 0.3 is 0 Å². The first-order valence-electron chi connectivity index (χ1n) is 5.53. The van der Waals surface area contributed by atoms with Gasteiger partial charge in [0.2, 0.25) is 5.90 Å². The molecule has 1 aliphatic rings. The summed E-state index contributed by atoms with van der Waals surface area (Å²) in [4.78, 5) is 4.54. The van der Waals surface area contributed by atoms with Crippen LogP contribution in [-0.4, -0.2) is 18.0 Å². The van der Waals surface area contributed by atoms with Crippen LogP contribution < -0.4 is 0 Å². The van der Waals surface area contributed by atoms with Crippen molar-refractivity contribution in [2.45, 2.75) is 25.8 Å². The number of ether oxygens (including phenoxy) is 1. The second kappa shape index (κ2) is 4.12. The van der Waals surface area contributed by atoms with Gasteiger partial charge in [0, 0.05) is 5.56 Å². The molecule has 0 aromatic heterocycles. The third-order valence-corrected chi connectivity index (χ3v) is 2.55. The Hall–Kier alpha value is -1.57. The predicted octanol–water partition coefficient (Wildman–Crippen LogP) is 2.97. The highest BCUT2D eigenvalue weighted by molar-refractivity contribution is 5.95. The van der Waals surface area contributed by atoms with Crippen molar-refractivity contribution in [3.8, 4) is 0 Å². The van der Waals surface area contributed by atoms with Crippen LogP contribution in [0.15, 0.2) is 41.9 Å². The molecule has 0 bridgehead atoms. The van der Waals surface area contributed by atoms with Crippen LogP contribution in [0.2, 0.25) is 0 Å². The van der Waals surface area contributed by atoms with Crippen LogP contribution in [0.1, 0.15) is 25.0 Å². The summed E-state index contributed by atoms with van der Waals surface area (Å²) in [5, 5.41) is 0. The maximum atomic E-state index is 5.58. The maximum absolute atomic E-state index is 5.58. The Kier molecular flexibility index (Phi) is 2.82. The zero-order chi connectivity index (χ0) is 11.6. The Morgan fingerprint density at radius 2 is 2.06 bits per heavy atom. The van der Waals surface area contributed by atoms with Crippen molar-refractivity contribution in [1.29, 1.82) is 0 Å². The number of hydrogen-bond acceptors (Lipinski definition) is 2. The minimum atomic E-state index is -0.0882. The van der Waals surface area contributed by atoms with E-state index in [1.165, 1.54) is 5.56 Å². The second-order valence-corrected chi connectivity index (χ2v) is 4.71. The molecule has 2 nitrogen and oxygen atoms in total. The summed E-state index contributed by atoms with van der Waals surface area (Å²) in [6, 6.07) is 8.29. The van der Waals surface area contributed by atoms with Crippen LogP contribution in [0.5, 0.6) is 0 Å². The van der Waals surface area contributed by atoms with Crippen molar-refractivity contribution >= 4 is 5.90 Å². The Balaban J connectivity index is 2.20. The van der Waals surface area contributed by atoms with E-state index in [9.17, 15) is 0 Å². The van der Waals surface area contributed by atoms with Gasteiger partial charge in [0.25, 0.3) is 0 Å². The number of hydrogen-bond donors (Lipinski definition) is 0. The van der Waals surface area contributed by atoms with Crippen molar-refractivity contribution in [2.75, 3.05) is 6.61 Å². The van der Waals surface area contributed by atoms with E-state index in [-0.39, 0.29) is 5.54 Å². The minimum Gasteiger partial charge on any atom is -0.475 e. The number of aliphatic imine (C=N–C) groups is 1. The van der Waals surface area contributed by atoms with Crippen LogP contribution in [0, 0.1) is 0 Å². The van der Waals surface area contributed by atoms with E-state index in [4.69, 9.17) is 4.74 Å². The zero-order valence-corrected chi connectivity index (χ0v) is 9.86. The average Bonchev–Trinajstić information content (AvgIpc) is 2.61. The molecule has 0 unspecified atom stereocenters. The van der Waals surface area contributed by atoms with Crippen molar-refractivity contribution in [2.24, 2.45) is 4.99 Å². The van der Waals surface area contributed by atoms with E-state index in [1.807, 2.05) is 6.08 Å². The molecular weight excluding hydrogens is 198 g/mol. The fraction of sp³-hybridized carbons (Fsp3) is 0.357. The number of rotatable bonds is 3. The average molecular weight is 215 g/mol. The topological polar surface area (TPSA) is 21.6 Å². The van der Waals surface area contributed by atoms with Gasteiger partial charge in [-0.3, -0.25) is 0 Å². The normalized spacial score (nSPS) is 17.8. The standard InChI is InChI=1S/C14H17NO/c1-4-5-11-6-8-12(9-7-11)13-15-14(2,3)10-16-13/h4,6-9H,1,5,10H2,2-3H3. The highest BCUT2D eigenvalue weighted by Crippen LogP contribution is 2.20. The first-order chi connectivity index (χ1) is 7.61. The second-order valence-electron chi connectivity index (χ2n) is 4.71. The van der Waals surface area contributed by atoms with Gasteiger partial charge in [-0.25, -0.2) is 4.99 Å². The van der Waals surface area contributed by atoms with Crippen LogP contribution in [0.4, 0.5) is 0 Å². The summed E-state index contributed by atoms with van der Waals surface area (Å²) in [7, 11) is 0. The molecule has 1 aromatic carbocycles. The van der Waals surface area contributed by atoms with Crippen molar-refractivity contribution in [3.63, 3.8) is 0 Å². The summed E-state index contributed by atoms with van der Waals surface area (Å²) in [6.07, 6.45) is 2.81. The summed E-state index contributed by atoms with van der Waals surface area (Å²) < 4.78 is 5.58. The predicted molar refractivity (Wildman–Crippen MR) is 66.9 cm³/mol. The van der Waals surface area contributed by atoms with Crippen molar-refractivity contribution < 1.29 is 4.74 Å². The monoisotopic (exact) mass is 215 g/mol. The van der Waals surface area contributed by atoms with Crippen molar-refractivity contribution in [1.82, 2.24) is 0 Å². The number of nitrogens with zero attached hydrogens (tertiary/aromatic N) is 1. The van der Waals surface area contributed by atoms with Gasteiger partial charge in [-0.15, -0.1) is 6.58 Å². The number of benzene rings is 1. The van der Waals surface area contributed by atoms with Crippen LogP contribution in [0.3, 0.4) is 0 Å². The van der Waals surface area contributed by atoms with Gasteiger partial charge < -0.3 is 4.74 Å². The third kappa shape index (κ3) is 2.32. The molecule has 0 saturated heterocycles. The molecule has 0 atom stereocenters. The highest BCUT2D eigenvalue weighted by Gasteiger charge is 2.26. The molecule has 2 rings (SSSR count). The molecule has 16 heavy (non-hydrogen) atoms. The lowest BCUT2D eigenvalue weighted by molar-refractivity contribution is 0.279. The van der Waals surface area contributed by atoms with Gasteiger partial charge in [-0.05, 0) is 38.0 Å². The molecule has 84 valence electrons. The summed E-state index contributed by atoms with van der Waals surface area (Å²) in [5.74, 6) is 0.759. The largest absolute Gasteiger partial charge is 0.475 e. The van der Waals surface area contributed by atoms with Gasteiger partial charge in [0.05, 0.1) is 5.54 Å². The van der Waals surface area contributed by atoms with Gasteiger partial charge in [0.1, 0.15) is 6.61 Å². The van der Waals surface area contributed by atoms with Crippen LogP contribution >= 0.6 is 0 Å². The van der Waals surface area contributed by atoms with Crippen LogP contribution in [0.25, 0.3) is 0 Å². The quantitative estimate of drug-likeness (QED) is 0.710. The van der Waals surface area contributed by atoms with E-state index >= 15 is 0 Å². The minimum absolute atomic E-state index is 0.0882. The summed E-state index contributed by atoms with van der Waals surface area (Å²) in [6.45, 7) is 8.54. The van der Waals surface area contributed by atoms with E-state index < -0.39 is 0 Å². The lowest BCUT2D eigenvalue weighted by atomic mass is 10.1. The Labute approximate surface area is 96.7 Å². The molecule has 0 saturated carbocycles. The highest BCUT2D eigenvalue weighted by atomic mass is 16.5. The SMILES string of the molecule is C=CCc1ccc(C2=NC(C)(C)CO2)cc1.